The molecule has 6 heteroatoms. The van der Waals surface area contributed by atoms with Gasteiger partial charge in [-0.05, 0) is 40.8 Å². The van der Waals surface area contributed by atoms with E-state index in [0.717, 1.165) is 26.1 Å². The Hall–Kier alpha value is -1.89. The largest absolute Gasteiger partial charge is 0.491 e. The van der Waals surface area contributed by atoms with E-state index in [1.165, 1.54) is 6.07 Å². The molecule has 112 valence electrons. The topological polar surface area (TPSA) is 63.6 Å². The van der Waals surface area contributed by atoms with Crippen LogP contribution in [0.3, 0.4) is 0 Å². The fourth-order valence-electron chi connectivity index (χ4n) is 2.73. The van der Waals surface area contributed by atoms with Crippen LogP contribution in [0, 0.1) is 0 Å². The monoisotopic (exact) mass is 332 g/mol. The zero-order chi connectivity index (χ0) is 15.3. The molecule has 0 aliphatic carbocycles. The van der Waals surface area contributed by atoms with Crippen LogP contribution in [0.1, 0.15) is 5.56 Å². The molecule has 1 aliphatic heterocycles. The van der Waals surface area contributed by atoms with E-state index in [-0.39, 0.29) is 10.6 Å². The number of ether oxygens (including phenoxy) is 1. The maximum atomic E-state index is 11.6. The highest BCUT2D eigenvalue weighted by molar-refractivity contribution is 7.86. The van der Waals surface area contributed by atoms with Crippen molar-refractivity contribution in [3.05, 3.63) is 48.0 Å². The summed E-state index contributed by atoms with van der Waals surface area (Å²) in [5, 5.41) is 1.12. The maximum Gasteiger partial charge on any atom is 0.298 e. The van der Waals surface area contributed by atoms with Crippen molar-refractivity contribution >= 4 is 31.5 Å². The average molecular weight is 332 g/mol. The van der Waals surface area contributed by atoms with E-state index < -0.39 is 10.1 Å². The van der Waals surface area contributed by atoms with Gasteiger partial charge in [-0.3, -0.25) is 4.55 Å². The van der Waals surface area contributed by atoms with E-state index in [2.05, 4.69) is 0 Å². The van der Waals surface area contributed by atoms with Crippen molar-refractivity contribution in [2.75, 3.05) is 6.61 Å². The van der Waals surface area contributed by atoms with Crippen molar-refractivity contribution in [2.24, 2.45) is 0 Å². The Kier molecular flexibility index (Phi) is 3.00. The van der Waals surface area contributed by atoms with Gasteiger partial charge in [-0.15, -0.1) is 11.3 Å². The van der Waals surface area contributed by atoms with E-state index in [9.17, 15) is 13.0 Å². The number of rotatable bonds is 2. The maximum absolute atomic E-state index is 11.6. The van der Waals surface area contributed by atoms with Gasteiger partial charge in [-0.25, -0.2) is 0 Å². The third-order valence-electron chi connectivity index (χ3n) is 3.74. The smallest absolute Gasteiger partial charge is 0.298 e. The van der Waals surface area contributed by atoms with Crippen LogP contribution < -0.4 is 4.74 Å². The van der Waals surface area contributed by atoms with Crippen molar-refractivity contribution < 1.29 is 17.7 Å². The van der Waals surface area contributed by atoms with Crippen molar-refractivity contribution in [1.82, 2.24) is 0 Å². The third kappa shape index (κ3) is 2.20. The first kappa shape index (κ1) is 13.8. The summed E-state index contributed by atoms with van der Waals surface area (Å²) in [4.78, 5) is 0.829. The second-order valence-electron chi connectivity index (χ2n) is 5.18. The Morgan fingerprint density at radius 2 is 1.95 bits per heavy atom. The molecule has 0 radical (unpaired) electrons. The van der Waals surface area contributed by atoms with Gasteiger partial charge in [-0.1, -0.05) is 18.2 Å². The molecule has 0 saturated heterocycles. The van der Waals surface area contributed by atoms with E-state index in [1.54, 1.807) is 11.3 Å². The van der Waals surface area contributed by atoms with E-state index in [4.69, 9.17) is 4.74 Å². The van der Waals surface area contributed by atoms with Crippen LogP contribution in [-0.2, 0) is 16.5 Å². The fourth-order valence-corrected chi connectivity index (χ4v) is 4.48. The summed E-state index contributed by atoms with van der Waals surface area (Å²) in [5.41, 5.74) is 1.61. The van der Waals surface area contributed by atoms with Gasteiger partial charge in [0.25, 0.3) is 10.1 Å². The lowest BCUT2D eigenvalue weighted by Crippen LogP contribution is -2.01. The summed E-state index contributed by atoms with van der Waals surface area (Å²) < 4.78 is 39.2. The number of benzene rings is 2. The van der Waals surface area contributed by atoms with Crippen LogP contribution in [-0.4, -0.2) is 19.6 Å². The number of hydrogen-bond acceptors (Lipinski definition) is 4. The van der Waals surface area contributed by atoms with Crippen LogP contribution in [0.4, 0.5) is 0 Å². The van der Waals surface area contributed by atoms with Crippen molar-refractivity contribution in [1.29, 1.82) is 0 Å². The van der Waals surface area contributed by atoms with Crippen LogP contribution in [0.2, 0.25) is 0 Å². The fraction of sp³-hybridized carbons (Fsp3) is 0.125. The lowest BCUT2D eigenvalue weighted by Gasteiger charge is -2.08. The van der Waals surface area contributed by atoms with Gasteiger partial charge in [0.05, 0.1) is 6.61 Å². The molecule has 1 aliphatic rings. The summed E-state index contributed by atoms with van der Waals surface area (Å²) >= 11 is 1.60. The molecule has 0 unspecified atom stereocenters. The Bertz CT molecular complexity index is 954. The van der Waals surface area contributed by atoms with E-state index in [0.29, 0.717) is 13.0 Å². The standard InChI is InChI=1S/C16H12O4S2/c17-22(18,19)15-9-12(7-11-5-6-20-16(11)15)14-8-10-3-1-2-4-13(10)21-14/h1-4,7-9H,5-6H2,(H,17,18,19). The molecule has 3 aromatic rings. The predicted octanol–water partition coefficient (Wildman–Crippen LogP) is 3.75. The zero-order valence-electron chi connectivity index (χ0n) is 11.4. The SMILES string of the molecule is O=S(=O)(O)c1cc(-c2cc3ccccc3s2)cc2c1OCC2. The Labute approximate surface area is 131 Å². The summed E-state index contributed by atoms with van der Waals surface area (Å²) in [6, 6.07) is 13.5. The highest BCUT2D eigenvalue weighted by Crippen LogP contribution is 2.40. The zero-order valence-corrected chi connectivity index (χ0v) is 13.1. The first-order valence-corrected chi connectivity index (χ1v) is 9.04. The first-order valence-electron chi connectivity index (χ1n) is 6.78. The molecule has 0 bridgehead atoms. The van der Waals surface area contributed by atoms with Gasteiger partial charge in [0.2, 0.25) is 0 Å². The lowest BCUT2D eigenvalue weighted by molar-refractivity contribution is 0.346. The van der Waals surface area contributed by atoms with Gasteiger partial charge in [0, 0.05) is 16.0 Å². The van der Waals surface area contributed by atoms with E-state index in [1.807, 2.05) is 36.4 Å². The minimum Gasteiger partial charge on any atom is -0.491 e. The molecule has 2 aromatic carbocycles. The molecule has 0 spiro atoms. The highest BCUT2D eigenvalue weighted by Gasteiger charge is 2.25. The summed E-state index contributed by atoms with van der Waals surface area (Å²) in [7, 11) is -4.31. The van der Waals surface area contributed by atoms with Crippen molar-refractivity contribution in [2.45, 2.75) is 11.3 Å². The quantitative estimate of drug-likeness (QED) is 0.726. The number of fused-ring (bicyclic) bond motifs is 2. The van der Waals surface area contributed by atoms with Crippen LogP contribution in [0.25, 0.3) is 20.5 Å². The first-order chi connectivity index (χ1) is 10.5. The molecule has 4 nitrogen and oxygen atoms in total. The molecule has 1 aromatic heterocycles. The number of thiophene rings is 1. The molecule has 0 atom stereocenters. The van der Waals surface area contributed by atoms with Crippen molar-refractivity contribution in [3.8, 4) is 16.2 Å². The minimum atomic E-state index is -4.31. The minimum absolute atomic E-state index is 0.144. The Balaban J connectivity index is 1.96. The molecule has 22 heavy (non-hydrogen) atoms. The van der Waals surface area contributed by atoms with Gasteiger partial charge in [-0.2, -0.15) is 8.42 Å². The normalized spacial score (nSPS) is 14.0. The van der Waals surface area contributed by atoms with Crippen LogP contribution in [0.5, 0.6) is 5.75 Å². The second-order valence-corrected chi connectivity index (χ2v) is 7.66. The highest BCUT2D eigenvalue weighted by atomic mass is 32.2. The molecule has 0 saturated carbocycles. The second kappa shape index (κ2) is 4.81. The van der Waals surface area contributed by atoms with Crippen LogP contribution >= 0.6 is 11.3 Å². The predicted molar refractivity (Wildman–Crippen MR) is 86.3 cm³/mol. The Morgan fingerprint density at radius 3 is 2.73 bits per heavy atom. The molecule has 0 amide bonds. The third-order valence-corrected chi connectivity index (χ3v) is 5.76. The Morgan fingerprint density at radius 1 is 1.14 bits per heavy atom. The van der Waals surface area contributed by atoms with Crippen LogP contribution in [0.15, 0.2) is 47.4 Å². The number of hydrogen-bond donors (Lipinski definition) is 1. The molecular weight excluding hydrogens is 320 g/mol. The molecule has 2 heterocycles. The summed E-state index contributed by atoms with van der Waals surface area (Å²) in [6.45, 7) is 0.438. The lowest BCUT2D eigenvalue weighted by atomic mass is 10.1. The molecule has 4 rings (SSSR count). The molecule has 1 N–H and O–H groups in total. The van der Waals surface area contributed by atoms with Gasteiger partial charge in [0.1, 0.15) is 10.6 Å². The van der Waals surface area contributed by atoms with Gasteiger partial charge in [0.15, 0.2) is 0 Å². The summed E-state index contributed by atoms with van der Waals surface area (Å²) in [6.07, 6.45) is 0.649. The van der Waals surface area contributed by atoms with Gasteiger partial charge < -0.3 is 4.74 Å². The molecular formula is C16H12O4S2. The van der Waals surface area contributed by atoms with E-state index >= 15 is 0 Å². The summed E-state index contributed by atoms with van der Waals surface area (Å²) in [5.74, 6) is 0.285. The average Bonchev–Trinajstić information content (AvgIpc) is 3.11. The van der Waals surface area contributed by atoms with Gasteiger partial charge >= 0.3 is 0 Å². The van der Waals surface area contributed by atoms with Crippen molar-refractivity contribution in [3.63, 3.8) is 0 Å². The molecule has 0 fully saturated rings.